The van der Waals surface area contributed by atoms with Crippen LogP contribution in [0, 0.1) is 5.92 Å². The first-order valence-corrected chi connectivity index (χ1v) is 16.1. The number of thioether (sulfide) groups is 1. The first-order chi connectivity index (χ1) is 19.6. The highest BCUT2D eigenvalue weighted by molar-refractivity contribution is 7.98. The molecule has 0 bridgehead atoms. The van der Waals surface area contributed by atoms with Crippen molar-refractivity contribution >= 4 is 27.8 Å². The number of rotatable bonds is 11. The van der Waals surface area contributed by atoms with E-state index >= 15 is 0 Å². The Morgan fingerprint density at radius 3 is 2.29 bits per heavy atom. The number of aliphatic hydroxyl groups is 1. The molecule has 4 rings (SSSR count). The van der Waals surface area contributed by atoms with Crippen molar-refractivity contribution in [2.24, 2.45) is 5.92 Å². The van der Waals surface area contributed by atoms with Gasteiger partial charge in [0, 0.05) is 24.8 Å². The highest BCUT2D eigenvalue weighted by Crippen LogP contribution is 2.34. The van der Waals surface area contributed by atoms with Crippen molar-refractivity contribution in [1.29, 1.82) is 0 Å². The summed E-state index contributed by atoms with van der Waals surface area (Å²) in [7, 11) is -4.14. The van der Waals surface area contributed by atoms with E-state index in [2.05, 4.69) is 10.0 Å². The minimum absolute atomic E-state index is 0.00839. The summed E-state index contributed by atoms with van der Waals surface area (Å²) in [5.41, 5.74) is 1.96. The zero-order chi connectivity index (χ0) is 29.6. The maximum absolute atomic E-state index is 13.2. The second kappa shape index (κ2) is 12.9. The summed E-state index contributed by atoms with van der Waals surface area (Å²) in [6.07, 6.45) is 4.45. The van der Waals surface area contributed by atoms with Crippen LogP contribution in [0.4, 0.5) is 4.79 Å². The van der Waals surface area contributed by atoms with Crippen LogP contribution >= 0.6 is 11.8 Å². The molecule has 0 aliphatic rings. The summed E-state index contributed by atoms with van der Waals surface area (Å²) in [5, 5.41) is 14.8. The molecule has 0 radical (unpaired) electrons. The van der Waals surface area contributed by atoms with E-state index in [0.717, 1.165) is 16.2 Å². The number of nitrogens with one attached hydrogen (secondary N) is 2. The molecule has 1 heterocycles. The van der Waals surface area contributed by atoms with E-state index in [1.54, 1.807) is 18.2 Å². The van der Waals surface area contributed by atoms with Crippen molar-refractivity contribution in [2.75, 3.05) is 6.26 Å². The molecule has 2 amide bonds. The number of nitrogens with zero attached hydrogens (tertiary/aromatic N) is 2. The van der Waals surface area contributed by atoms with Gasteiger partial charge in [-0.1, -0.05) is 93.6 Å². The number of hydrogen-bond acceptors (Lipinski definition) is 6. The Balaban J connectivity index is 1.54. The molecule has 0 saturated heterocycles. The molecule has 3 N–H and O–H groups in total. The minimum atomic E-state index is -4.14. The fraction of sp³-hybridized carbons (Fsp3) is 0.290. The standard InChI is InChI=1S/C31H36N4O4S2/c1-5-31(37,22(2)3)29-33-28(40-4)21-35(29)20-24-15-17-25(18-16-24)26-13-9-10-14-27(26)41(38,39)34-30(36)32-19-23-11-7-6-8-12-23/h6-18,21-22,37H,5,19-20H2,1-4H3,(H2,32,34,36). The fourth-order valence-corrected chi connectivity index (χ4v) is 6.27. The molecule has 41 heavy (non-hydrogen) atoms. The number of carbonyl (C=O) groups excluding carboxylic acids is 1. The summed E-state index contributed by atoms with van der Waals surface area (Å²) in [6, 6.07) is 22.6. The Kier molecular flexibility index (Phi) is 9.57. The predicted octanol–water partition coefficient (Wildman–Crippen LogP) is 5.76. The van der Waals surface area contributed by atoms with Crippen LogP contribution in [0.3, 0.4) is 0 Å². The maximum Gasteiger partial charge on any atom is 0.328 e. The molecule has 0 saturated carbocycles. The Bertz CT molecular complexity index is 1590. The van der Waals surface area contributed by atoms with Gasteiger partial charge in [-0.2, -0.15) is 0 Å². The smallest absolute Gasteiger partial charge is 0.328 e. The Hall–Kier alpha value is -3.60. The molecule has 216 valence electrons. The van der Waals surface area contributed by atoms with Crippen molar-refractivity contribution in [3.63, 3.8) is 0 Å². The van der Waals surface area contributed by atoms with Gasteiger partial charge in [-0.25, -0.2) is 22.9 Å². The van der Waals surface area contributed by atoms with Crippen LogP contribution in [0.5, 0.6) is 0 Å². The Labute approximate surface area is 246 Å². The van der Waals surface area contributed by atoms with E-state index in [1.165, 1.54) is 17.8 Å². The first kappa shape index (κ1) is 30.4. The molecule has 0 spiro atoms. The molecule has 1 unspecified atom stereocenters. The number of imidazole rings is 1. The molecule has 10 heteroatoms. The lowest BCUT2D eigenvalue weighted by Crippen LogP contribution is -2.39. The van der Waals surface area contributed by atoms with Gasteiger partial charge in [-0.3, -0.25) is 0 Å². The SMILES string of the molecule is CCC(O)(c1nc(SC)cn1Cc1ccc(-c2ccccc2S(=O)(=O)NC(=O)NCc2ccccc2)cc1)C(C)C. The summed E-state index contributed by atoms with van der Waals surface area (Å²) in [6.45, 7) is 6.64. The summed E-state index contributed by atoms with van der Waals surface area (Å²) >= 11 is 1.53. The lowest BCUT2D eigenvalue weighted by molar-refractivity contribution is -0.0252. The third-order valence-electron chi connectivity index (χ3n) is 7.16. The first-order valence-electron chi connectivity index (χ1n) is 13.4. The van der Waals surface area contributed by atoms with Crippen LogP contribution in [0.2, 0.25) is 0 Å². The second-order valence-corrected chi connectivity index (χ2v) is 12.6. The van der Waals surface area contributed by atoms with Gasteiger partial charge in [0.1, 0.15) is 16.5 Å². The quantitative estimate of drug-likeness (QED) is 0.191. The lowest BCUT2D eigenvalue weighted by atomic mass is 9.87. The van der Waals surface area contributed by atoms with Crippen molar-refractivity contribution in [3.8, 4) is 11.1 Å². The zero-order valence-electron chi connectivity index (χ0n) is 23.7. The number of hydrogen-bond donors (Lipinski definition) is 3. The number of amides is 2. The van der Waals surface area contributed by atoms with Gasteiger partial charge in [0.25, 0.3) is 10.0 Å². The monoisotopic (exact) mass is 592 g/mol. The highest BCUT2D eigenvalue weighted by atomic mass is 32.2. The van der Waals surface area contributed by atoms with Gasteiger partial charge >= 0.3 is 6.03 Å². The molecule has 1 aromatic heterocycles. The number of benzene rings is 3. The van der Waals surface area contributed by atoms with E-state index < -0.39 is 21.7 Å². The molecule has 0 fully saturated rings. The number of urea groups is 1. The van der Waals surface area contributed by atoms with Crippen molar-refractivity contribution in [2.45, 2.75) is 55.8 Å². The third-order valence-corrected chi connectivity index (χ3v) is 9.17. The van der Waals surface area contributed by atoms with Crippen molar-refractivity contribution in [1.82, 2.24) is 19.6 Å². The normalized spacial score (nSPS) is 13.1. The Morgan fingerprint density at radius 2 is 1.66 bits per heavy atom. The largest absolute Gasteiger partial charge is 0.382 e. The fourth-order valence-electron chi connectivity index (χ4n) is 4.70. The highest BCUT2D eigenvalue weighted by Gasteiger charge is 2.36. The van der Waals surface area contributed by atoms with Crippen LogP contribution in [-0.2, 0) is 28.7 Å². The predicted molar refractivity (Wildman–Crippen MR) is 163 cm³/mol. The number of carbonyl (C=O) groups is 1. The summed E-state index contributed by atoms with van der Waals surface area (Å²) < 4.78 is 30.5. The van der Waals surface area contributed by atoms with Gasteiger partial charge in [-0.15, -0.1) is 11.8 Å². The van der Waals surface area contributed by atoms with Gasteiger partial charge in [0.2, 0.25) is 0 Å². The van der Waals surface area contributed by atoms with Crippen molar-refractivity contribution in [3.05, 3.63) is 102 Å². The number of sulfonamides is 1. The molecule has 1 atom stereocenters. The van der Waals surface area contributed by atoms with E-state index in [-0.39, 0.29) is 17.4 Å². The molecular weight excluding hydrogens is 556 g/mol. The van der Waals surface area contributed by atoms with Crippen LogP contribution < -0.4 is 10.0 Å². The van der Waals surface area contributed by atoms with E-state index in [4.69, 9.17) is 4.98 Å². The molecular formula is C31H36N4O4S2. The van der Waals surface area contributed by atoms with Crippen LogP contribution in [-0.4, -0.2) is 35.4 Å². The summed E-state index contributed by atoms with van der Waals surface area (Å²) in [4.78, 5) is 17.2. The van der Waals surface area contributed by atoms with Gasteiger partial charge in [-0.05, 0) is 41.4 Å². The van der Waals surface area contributed by atoms with Crippen LogP contribution in [0.1, 0.15) is 44.1 Å². The van der Waals surface area contributed by atoms with Gasteiger partial charge < -0.3 is 15.0 Å². The molecule has 3 aromatic carbocycles. The average molecular weight is 593 g/mol. The Morgan fingerprint density at radius 1 is 1.00 bits per heavy atom. The van der Waals surface area contributed by atoms with Crippen LogP contribution in [0.15, 0.2) is 95.0 Å². The van der Waals surface area contributed by atoms with Gasteiger partial charge in [0.15, 0.2) is 0 Å². The lowest BCUT2D eigenvalue weighted by Gasteiger charge is -2.31. The molecule has 4 aromatic rings. The maximum atomic E-state index is 13.2. The minimum Gasteiger partial charge on any atom is -0.382 e. The average Bonchev–Trinajstić information content (AvgIpc) is 3.39. The van der Waals surface area contributed by atoms with Gasteiger partial charge in [0.05, 0.1) is 4.90 Å². The van der Waals surface area contributed by atoms with Crippen molar-refractivity contribution < 1.29 is 18.3 Å². The van der Waals surface area contributed by atoms with E-state index in [9.17, 15) is 18.3 Å². The van der Waals surface area contributed by atoms with E-state index in [0.29, 0.717) is 29.9 Å². The van der Waals surface area contributed by atoms with Crippen LogP contribution in [0.25, 0.3) is 11.1 Å². The molecule has 0 aliphatic heterocycles. The van der Waals surface area contributed by atoms with E-state index in [1.807, 2.05) is 92.4 Å². The second-order valence-electron chi connectivity index (χ2n) is 10.1. The summed E-state index contributed by atoms with van der Waals surface area (Å²) in [5.74, 6) is 0.620. The third kappa shape index (κ3) is 7.01. The topological polar surface area (TPSA) is 113 Å². The number of aromatic nitrogens is 2. The zero-order valence-corrected chi connectivity index (χ0v) is 25.3. The molecule has 0 aliphatic carbocycles. The molecule has 8 nitrogen and oxygen atoms in total.